The summed E-state index contributed by atoms with van der Waals surface area (Å²) < 4.78 is 52.7. The minimum atomic E-state index is -4.71. The van der Waals surface area contributed by atoms with Gasteiger partial charge in [0.05, 0.1) is 26.9 Å². The van der Waals surface area contributed by atoms with Crippen LogP contribution in [0.2, 0.25) is 10.0 Å². The first-order valence-corrected chi connectivity index (χ1v) is 10.3. The van der Waals surface area contributed by atoms with Crippen molar-refractivity contribution in [3.8, 4) is 0 Å². The smallest absolute Gasteiger partial charge is 0.416 e. The Bertz CT molecular complexity index is 1200. The molecule has 3 rings (SSSR count). The van der Waals surface area contributed by atoms with Gasteiger partial charge in [-0.1, -0.05) is 35.3 Å². The van der Waals surface area contributed by atoms with E-state index in [-0.39, 0.29) is 22.0 Å². The van der Waals surface area contributed by atoms with Gasteiger partial charge in [-0.05, 0) is 35.9 Å². The van der Waals surface area contributed by atoms with Crippen molar-refractivity contribution in [1.29, 1.82) is 0 Å². The lowest BCUT2D eigenvalue weighted by Gasteiger charge is -2.18. The Morgan fingerprint density at radius 3 is 2.21 bits per heavy atom. The van der Waals surface area contributed by atoms with Crippen molar-refractivity contribution in [3.05, 3.63) is 87.4 Å². The molecule has 1 unspecified atom stereocenters. The van der Waals surface area contributed by atoms with Crippen molar-refractivity contribution >= 4 is 46.5 Å². The molecule has 1 aromatic heterocycles. The molecule has 1 amide bonds. The standard InChI is InChI=1S/C22H15Cl2F4N3O3/c23-14-9-29-10-15(24)19(14)20(32)30-13-4-1-11(2-5-13)7-18(21(33)34)31-17-8-12(22(26,27)28)3-6-16(17)25/h1-6,8-10,18,31H,7H2,(H,30,32)(H,33,34). The molecule has 0 spiro atoms. The number of rotatable bonds is 7. The number of amides is 1. The number of anilines is 2. The average Bonchev–Trinajstić information content (AvgIpc) is 2.75. The summed E-state index contributed by atoms with van der Waals surface area (Å²) in [4.78, 5) is 27.8. The Balaban J connectivity index is 1.73. The molecule has 0 fully saturated rings. The highest BCUT2D eigenvalue weighted by molar-refractivity contribution is 6.40. The van der Waals surface area contributed by atoms with Crippen molar-refractivity contribution < 1.29 is 32.3 Å². The highest BCUT2D eigenvalue weighted by atomic mass is 35.5. The Morgan fingerprint density at radius 1 is 1.03 bits per heavy atom. The zero-order chi connectivity index (χ0) is 25.0. The van der Waals surface area contributed by atoms with E-state index >= 15 is 0 Å². The lowest BCUT2D eigenvalue weighted by molar-refractivity contribution is -0.138. The summed E-state index contributed by atoms with van der Waals surface area (Å²) in [6.45, 7) is 0. The number of carbonyl (C=O) groups is 2. The predicted molar refractivity (Wildman–Crippen MR) is 119 cm³/mol. The molecule has 0 bridgehead atoms. The molecular weight excluding hydrogens is 501 g/mol. The van der Waals surface area contributed by atoms with E-state index in [1.807, 2.05) is 0 Å². The fraction of sp³-hybridized carbons (Fsp3) is 0.136. The third kappa shape index (κ3) is 6.15. The average molecular weight is 516 g/mol. The third-order valence-electron chi connectivity index (χ3n) is 4.65. The Hall–Kier alpha value is -3.37. The Kier molecular flexibility index (Phi) is 7.63. The van der Waals surface area contributed by atoms with Gasteiger partial charge in [-0.25, -0.2) is 9.18 Å². The number of alkyl halides is 3. The molecule has 3 N–H and O–H groups in total. The number of nitrogens with one attached hydrogen (secondary N) is 2. The topological polar surface area (TPSA) is 91.3 Å². The van der Waals surface area contributed by atoms with Crippen LogP contribution in [-0.4, -0.2) is 28.0 Å². The number of benzene rings is 2. The van der Waals surface area contributed by atoms with Gasteiger partial charge in [-0.2, -0.15) is 13.2 Å². The number of carboxylic acid groups (broad SMARTS) is 1. The summed E-state index contributed by atoms with van der Waals surface area (Å²) in [5.74, 6) is -3.00. The predicted octanol–water partition coefficient (Wildman–Crippen LogP) is 5.91. The summed E-state index contributed by atoms with van der Waals surface area (Å²) in [5, 5.41) is 14.5. The molecule has 0 saturated carbocycles. The Morgan fingerprint density at radius 2 is 1.65 bits per heavy atom. The minimum absolute atomic E-state index is 0.0284. The van der Waals surface area contributed by atoms with Crippen molar-refractivity contribution in [2.45, 2.75) is 18.6 Å². The van der Waals surface area contributed by atoms with E-state index in [1.165, 1.54) is 36.7 Å². The number of pyridine rings is 1. The molecular formula is C22H15Cl2F4N3O3. The zero-order valence-corrected chi connectivity index (χ0v) is 18.5. The first-order chi connectivity index (χ1) is 16.0. The first kappa shape index (κ1) is 25.3. The number of hydrogen-bond acceptors (Lipinski definition) is 4. The molecule has 0 saturated heterocycles. The van der Waals surface area contributed by atoms with Gasteiger partial charge in [-0.15, -0.1) is 0 Å². The molecule has 178 valence electrons. The maximum atomic E-state index is 14.0. The van der Waals surface area contributed by atoms with Crippen LogP contribution < -0.4 is 10.6 Å². The van der Waals surface area contributed by atoms with E-state index in [9.17, 15) is 32.3 Å². The molecule has 1 atom stereocenters. The maximum absolute atomic E-state index is 14.0. The quantitative estimate of drug-likeness (QED) is 0.340. The van der Waals surface area contributed by atoms with Crippen LogP contribution in [0.3, 0.4) is 0 Å². The summed E-state index contributed by atoms with van der Waals surface area (Å²) in [6, 6.07) is 6.25. The summed E-state index contributed by atoms with van der Waals surface area (Å²) in [6.07, 6.45) is -2.37. The van der Waals surface area contributed by atoms with Crippen LogP contribution >= 0.6 is 23.2 Å². The largest absolute Gasteiger partial charge is 0.480 e. The van der Waals surface area contributed by atoms with E-state index in [2.05, 4.69) is 15.6 Å². The monoisotopic (exact) mass is 515 g/mol. The van der Waals surface area contributed by atoms with Gasteiger partial charge in [0.1, 0.15) is 11.9 Å². The van der Waals surface area contributed by atoms with Gasteiger partial charge in [0.15, 0.2) is 0 Å². The number of aliphatic carboxylic acids is 1. The summed E-state index contributed by atoms with van der Waals surface area (Å²) in [7, 11) is 0. The molecule has 2 aromatic carbocycles. The number of aromatic nitrogens is 1. The lowest BCUT2D eigenvalue weighted by atomic mass is 10.0. The number of halogens is 6. The summed E-state index contributed by atoms with van der Waals surface area (Å²) >= 11 is 11.9. The molecule has 0 aliphatic carbocycles. The van der Waals surface area contributed by atoms with Gasteiger partial charge < -0.3 is 15.7 Å². The number of carboxylic acids is 1. The third-order valence-corrected chi connectivity index (χ3v) is 5.23. The fourth-order valence-electron chi connectivity index (χ4n) is 2.98. The summed E-state index contributed by atoms with van der Waals surface area (Å²) in [5.41, 5.74) is -0.861. The van der Waals surface area contributed by atoms with Crippen LogP contribution in [0.4, 0.5) is 28.9 Å². The SMILES string of the molecule is O=C(Nc1ccc(CC(Nc2cc(C(F)(F)F)ccc2F)C(=O)O)cc1)c1c(Cl)cncc1Cl. The van der Waals surface area contributed by atoms with E-state index in [4.69, 9.17) is 23.2 Å². The molecule has 34 heavy (non-hydrogen) atoms. The van der Waals surface area contributed by atoms with Crippen molar-refractivity contribution in [2.75, 3.05) is 10.6 Å². The zero-order valence-electron chi connectivity index (χ0n) is 17.0. The van der Waals surface area contributed by atoms with Crippen LogP contribution in [0.1, 0.15) is 21.5 Å². The van der Waals surface area contributed by atoms with Gasteiger partial charge >= 0.3 is 12.1 Å². The Labute approximate surface area is 200 Å². The van der Waals surface area contributed by atoms with Crippen LogP contribution in [0, 0.1) is 5.82 Å². The molecule has 3 aromatic rings. The van der Waals surface area contributed by atoms with Crippen molar-refractivity contribution in [3.63, 3.8) is 0 Å². The van der Waals surface area contributed by atoms with Gasteiger partial charge in [0.2, 0.25) is 0 Å². The molecule has 6 nitrogen and oxygen atoms in total. The van der Waals surface area contributed by atoms with Crippen molar-refractivity contribution in [1.82, 2.24) is 4.98 Å². The molecule has 1 heterocycles. The van der Waals surface area contributed by atoms with Crippen LogP contribution in [-0.2, 0) is 17.4 Å². The van der Waals surface area contributed by atoms with Crippen molar-refractivity contribution in [2.24, 2.45) is 0 Å². The van der Waals surface area contributed by atoms with Crippen LogP contribution in [0.25, 0.3) is 0 Å². The van der Waals surface area contributed by atoms with E-state index < -0.39 is 41.2 Å². The lowest BCUT2D eigenvalue weighted by Crippen LogP contribution is -2.32. The second-order valence-corrected chi connectivity index (χ2v) is 7.88. The molecule has 0 aliphatic rings. The van der Waals surface area contributed by atoms with Crippen LogP contribution in [0.5, 0.6) is 0 Å². The molecule has 0 radical (unpaired) electrons. The fourth-order valence-corrected chi connectivity index (χ4v) is 3.52. The van der Waals surface area contributed by atoms with E-state index in [0.717, 1.165) is 0 Å². The maximum Gasteiger partial charge on any atom is 0.416 e. The molecule has 0 aliphatic heterocycles. The highest BCUT2D eigenvalue weighted by Crippen LogP contribution is 2.32. The van der Waals surface area contributed by atoms with E-state index in [1.54, 1.807) is 0 Å². The number of nitrogens with zero attached hydrogens (tertiary/aromatic N) is 1. The van der Waals surface area contributed by atoms with Crippen LogP contribution in [0.15, 0.2) is 54.9 Å². The van der Waals surface area contributed by atoms with E-state index in [0.29, 0.717) is 29.4 Å². The van der Waals surface area contributed by atoms with Gasteiger partial charge in [0, 0.05) is 24.5 Å². The second-order valence-electron chi connectivity index (χ2n) is 7.06. The number of carbonyl (C=O) groups excluding carboxylic acids is 1. The normalized spacial score (nSPS) is 12.2. The molecule has 12 heteroatoms. The van der Waals surface area contributed by atoms with Gasteiger partial charge in [-0.3, -0.25) is 9.78 Å². The number of hydrogen-bond donors (Lipinski definition) is 3. The first-order valence-electron chi connectivity index (χ1n) is 9.51. The second kappa shape index (κ2) is 10.3. The van der Waals surface area contributed by atoms with Gasteiger partial charge in [0.25, 0.3) is 5.91 Å². The minimum Gasteiger partial charge on any atom is -0.480 e. The highest BCUT2D eigenvalue weighted by Gasteiger charge is 2.31.